The average molecular weight is 279 g/mol. The third kappa shape index (κ3) is 1.07. The van der Waals surface area contributed by atoms with Gasteiger partial charge in [-0.1, -0.05) is 17.4 Å². The molecule has 2 aliphatic carbocycles. The minimum Gasteiger partial charge on any atom is -0.276 e. The van der Waals surface area contributed by atoms with Crippen LogP contribution in [0.25, 0.3) is 10.9 Å². The van der Waals surface area contributed by atoms with Gasteiger partial charge in [-0.05, 0) is 18.6 Å². The van der Waals surface area contributed by atoms with Gasteiger partial charge in [-0.15, -0.1) is 0 Å². The highest BCUT2D eigenvalue weighted by Crippen LogP contribution is 2.56. The van der Waals surface area contributed by atoms with Crippen LogP contribution in [0.1, 0.15) is 6.42 Å². The zero-order valence-electron chi connectivity index (χ0n) is 11.2. The Morgan fingerprint density at radius 3 is 2.76 bits per heavy atom. The van der Waals surface area contributed by atoms with E-state index in [0.717, 1.165) is 16.7 Å². The lowest BCUT2D eigenvalue weighted by Crippen LogP contribution is -2.52. The van der Waals surface area contributed by atoms with E-state index in [4.69, 9.17) is 0 Å². The van der Waals surface area contributed by atoms with E-state index in [1.54, 1.807) is 0 Å². The minimum absolute atomic E-state index is 0.269. The smallest absolute Gasteiger partial charge is 0.180 e. The van der Waals surface area contributed by atoms with Crippen LogP contribution >= 0.6 is 0 Å². The second-order valence-electron chi connectivity index (χ2n) is 6.40. The molecule has 2 aromatic rings. The van der Waals surface area contributed by atoms with Crippen LogP contribution in [0.15, 0.2) is 44.8 Å². The SMILES string of the molecule is c1ccc2c(N3N=N[C@H]4[C@H]5C[C@H]([C@@H]6N=N[C@H]56)[C@H]43)n[nH]c2c1. The molecule has 2 aliphatic heterocycles. The third-order valence-electron chi connectivity index (χ3n) is 5.56. The Balaban J connectivity index is 1.47. The van der Waals surface area contributed by atoms with Crippen LogP contribution in [0.5, 0.6) is 0 Å². The molecule has 21 heavy (non-hydrogen) atoms. The first-order chi connectivity index (χ1) is 10.4. The molecule has 0 spiro atoms. The number of anilines is 1. The number of benzene rings is 1. The van der Waals surface area contributed by atoms with Crippen LogP contribution in [0, 0.1) is 11.8 Å². The molecule has 4 aliphatic rings. The van der Waals surface area contributed by atoms with E-state index in [-0.39, 0.29) is 6.04 Å². The maximum absolute atomic E-state index is 4.54. The van der Waals surface area contributed by atoms with Crippen molar-refractivity contribution in [2.75, 3.05) is 5.01 Å². The van der Waals surface area contributed by atoms with E-state index in [2.05, 4.69) is 36.8 Å². The van der Waals surface area contributed by atoms with Gasteiger partial charge in [0, 0.05) is 17.2 Å². The fourth-order valence-electron chi connectivity index (χ4n) is 4.64. The highest BCUT2D eigenvalue weighted by molar-refractivity contribution is 5.90. The van der Waals surface area contributed by atoms with Crippen LogP contribution < -0.4 is 5.01 Å². The summed E-state index contributed by atoms with van der Waals surface area (Å²) in [6, 6.07) is 9.54. The summed E-state index contributed by atoms with van der Waals surface area (Å²) < 4.78 is 0. The number of azo groups is 1. The van der Waals surface area contributed by atoms with Gasteiger partial charge >= 0.3 is 0 Å². The van der Waals surface area contributed by atoms with E-state index in [1.807, 2.05) is 23.2 Å². The Kier molecular flexibility index (Phi) is 1.63. The molecule has 6 atom stereocenters. The van der Waals surface area contributed by atoms with E-state index in [9.17, 15) is 0 Å². The normalized spacial score (nSPS) is 41.6. The molecule has 104 valence electrons. The number of fused-ring (bicyclic) bond motifs is 9. The predicted octanol–water partition coefficient (Wildman–Crippen LogP) is 2.34. The molecule has 1 aromatic heterocycles. The van der Waals surface area contributed by atoms with E-state index >= 15 is 0 Å². The van der Waals surface area contributed by atoms with Crippen molar-refractivity contribution in [3.8, 4) is 0 Å². The van der Waals surface area contributed by atoms with Crippen molar-refractivity contribution in [3.05, 3.63) is 24.3 Å². The molecular formula is C14H13N7. The summed E-state index contributed by atoms with van der Waals surface area (Å²) in [6.07, 6.45) is 1.18. The van der Waals surface area contributed by atoms with Crippen molar-refractivity contribution < 1.29 is 0 Å². The molecule has 2 bridgehead atoms. The van der Waals surface area contributed by atoms with Gasteiger partial charge in [-0.3, -0.25) is 5.10 Å². The lowest BCUT2D eigenvalue weighted by molar-refractivity contribution is 0.242. The number of para-hydroxylation sites is 1. The highest BCUT2D eigenvalue weighted by Gasteiger charge is 2.65. The van der Waals surface area contributed by atoms with Gasteiger partial charge in [-0.25, -0.2) is 5.01 Å². The molecule has 2 fully saturated rings. The first kappa shape index (κ1) is 10.4. The van der Waals surface area contributed by atoms with Gasteiger partial charge in [0.15, 0.2) is 5.82 Å². The molecule has 7 heteroatoms. The zero-order chi connectivity index (χ0) is 13.6. The predicted molar refractivity (Wildman–Crippen MR) is 75.0 cm³/mol. The molecule has 7 nitrogen and oxygen atoms in total. The summed E-state index contributed by atoms with van der Waals surface area (Å²) in [6.45, 7) is 0. The van der Waals surface area contributed by atoms with Crippen molar-refractivity contribution in [2.45, 2.75) is 30.6 Å². The molecular weight excluding hydrogens is 266 g/mol. The Labute approximate surface area is 120 Å². The molecule has 0 amide bonds. The summed E-state index contributed by atoms with van der Waals surface area (Å²) in [4.78, 5) is 0. The van der Waals surface area contributed by atoms with Crippen LogP contribution in [0.3, 0.4) is 0 Å². The van der Waals surface area contributed by atoms with Gasteiger partial charge in [0.2, 0.25) is 0 Å². The van der Waals surface area contributed by atoms with Crippen LogP contribution in [0.4, 0.5) is 5.82 Å². The second kappa shape index (κ2) is 3.29. The molecule has 0 unspecified atom stereocenters. The van der Waals surface area contributed by atoms with Gasteiger partial charge in [0.05, 0.1) is 11.6 Å². The standard InChI is InChI=1S/C14H13N7/c1-2-4-9-6(3-1)14(19-15-9)21-13-8-5-7(12(13)18-20-21)10-11(8)17-16-10/h1-4,7-8,10-13H,5H2,(H,15,19)/t7-,8+,10+,11-,12-,13+/m0/s1. The summed E-state index contributed by atoms with van der Waals surface area (Å²) >= 11 is 0. The number of rotatable bonds is 1. The Morgan fingerprint density at radius 1 is 1.00 bits per heavy atom. The van der Waals surface area contributed by atoms with Crippen molar-refractivity contribution in [1.29, 1.82) is 0 Å². The minimum atomic E-state index is 0.269. The van der Waals surface area contributed by atoms with Gasteiger partial charge in [0.1, 0.15) is 18.1 Å². The molecule has 6 rings (SSSR count). The Morgan fingerprint density at radius 2 is 1.86 bits per heavy atom. The fourth-order valence-corrected chi connectivity index (χ4v) is 4.64. The number of hydrogen-bond acceptors (Lipinski definition) is 6. The fraction of sp³-hybridized carbons (Fsp3) is 0.500. The zero-order valence-corrected chi connectivity index (χ0v) is 11.2. The van der Waals surface area contributed by atoms with Crippen LogP contribution in [-0.2, 0) is 0 Å². The van der Waals surface area contributed by atoms with E-state index < -0.39 is 0 Å². The van der Waals surface area contributed by atoms with Gasteiger partial charge < -0.3 is 0 Å². The number of H-pyrrole nitrogens is 1. The van der Waals surface area contributed by atoms with Crippen molar-refractivity contribution in [2.24, 2.45) is 32.4 Å². The molecule has 0 saturated heterocycles. The number of nitrogens with one attached hydrogen (secondary N) is 1. The average Bonchev–Trinajstić information content (AvgIpc) is 3.16. The van der Waals surface area contributed by atoms with Crippen molar-refractivity contribution >= 4 is 16.7 Å². The first-order valence-corrected chi connectivity index (χ1v) is 7.45. The number of aromatic amines is 1. The third-order valence-corrected chi connectivity index (χ3v) is 5.56. The quantitative estimate of drug-likeness (QED) is 0.869. The van der Waals surface area contributed by atoms with Gasteiger partial charge in [0.25, 0.3) is 0 Å². The lowest BCUT2D eigenvalue weighted by atomic mass is 9.82. The van der Waals surface area contributed by atoms with Crippen LogP contribution in [0.2, 0.25) is 0 Å². The number of hydrogen-bond donors (Lipinski definition) is 1. The monoisotopic (exact) mass is 279 g/mol. The molecule has 1 aromatic carbocycles. The second-order valence-corrected chi connectivity index (χ2v) is 6.40. The summed E-state index contributed by atoms with van der Waals surface area (Å²) in [5.41, 5.74) is 1.04. The first-order valence-electron chi connectivity index (χ1n) is 7.45. The highest BCUT2D eigenvalue weighted by atomic mass is 15.6. The summed E-state index contributed by atoms with van der Waals surface area (Å²) in [5.74, 6) is 1.94. The van der Waals surface area contributed by atoms with E-state index in [1.165, 1.54) is 6.42 Å². The molecule has 3 heterocycles. The summed E-state index contributed by atoms with van der Waals surface area (Å²) in [5, 5.41) is 28.3. The topological polar surface area (TPSA) is 81.4 Å². The number of nitrogens with zero attached hydrogens (tertiary/aromatic N) is 6. The number of aromatic nitrogens is 2. The van der Waals surface area contributed by atoms with Crippen molar-refractivity contribution in [1.82, 2.24) is 10.2 Å². The van der Waals surface area contributed by atoms with Crippen LogP contribution in [-0.4, -0.2) is 34.4 Å². The van der Waals surface area contributed by atoms with E-state index in [0.29, 0.717) is 30.0 Å². The van der Waals surface area contributed by atoms with Gasteiger partial charge in [-0.2, -0.15) is 20.4 Å². The Hall–Kier alpha value is -2.31. The maximum Gasteiger partial charge on any atom is 0.180 e. The largest absolute Gasteiger partial charge is 0.276 e. The molecule has 1 N–H and O–H groups in total. The molecule has 0 radical (unpaired) electrons. The molecule has 2 saturated carbocycles. The summed E-state index contributed by atoms with van der Waals surface area (Å²) in [7, 11) is 0. The Bertz CT molecular complexity index is 809. The maximum atomic E-state index is 4.54. The lowest BCUT2D eigenvalue weighted by Gasteiger charge is -2.37. The van der Waals surface area contributed by atoms with Crippen molar-refractivity contribution in [3.63, 3.8) is 0 Å².